The summed E-state index contributed by atoms with van der Waals surface area (Å²) in [6.45, 7) is 1.69. The van der Waals surface area contributed by atoms with Gasteiger partial charge in [-0.25, -0.2) is 10.0 Å². The van der Waals surface area contributed by atoms with E-state index >= 15 is 0 Å². The van der Waals surface area contributed by atoms with Gasteiger partial charge in [-0.15, -0.1) is 0 Å². The second kappa shape index (κ2) is 4.59. The molecule has 0 aromatic carbocycles. The molecule has 0 saturated carbocycles. The van der Waals surface area contributed by atoms with Gasteiger partial charge in [0.1, 0.15) is 0 Å². The van der Waals surface area contributed by atoms with Crippen LogP contribution in [0.1, 0.15) is 12.8 Å². The molecule has 1 fully saturated rings. The average molecular weight is 322 g/mol. The van der Waals surface area contributed by atoms with Crippen LogP contribution in [0.2, 0.25) is 0 Å². The van der Waals surface area contributed by atoms with E-state index in [4.69, 9.17) is 4.84 Å². The molecule has 1 saturated heterocycles. The third kappa shape index (κ3) is 2.27. The maximum atomic E-state index is 5.51. The Kier molecular flexibility index (Phi) is 3.41. The number of aromatic nitrogens is 1. The summed E-state index contributed by atoms with van der Waals surface area (Å²) in [5.41, 5.74) is 0. The first-order chi connectivity index (χ1) is 6.77. The lowest BCUT2D eigenvalue weighted by Gasteiger charge is -2.27. The molecule has 0 bridgehead atoms. The number of pyridine rings is 1. The molecule has 0 amide bonds. The Morgan fingerprint density at radius 1 is 1.36 bits per heavy atom. The van der Waals surface area contributed by atoms with E-state index in [1.807, 2.05) is 11.1 Å². The van der Waals surface area contributed by atoms with E-state index in [9.17, 15) is 0 Å². The lowest BCUT2D eigenvalue weighted by molar-refractivity contribution is 0.0758. The van der Waals surface area contributed by atoms with Crippen molar-refractivity contribution in [2.24, 2.45) is 0 Å². The van der Waals surface area contributed by atoms with Crippen LogP contribution in [0.25, 0.3) is 0 Å². The topological polar surface area (TPSA) is 25.4 Å². The van der Waals surface area contributed by atoms with Gasteiger partial charge in [-0.3, -0.25) is 4.84 Å². The maximum absolute atomic E-state index is 5.51. The lowest BCUT2D eigenvalue weighted by atomic mass is 10.3. The van der Waals surface area contributed by atoms with Gasteiger partial charge in [0, 0.05) is 17.2 Å². The van der Waals surface area contributed by atoms with E-state index in [1.165, 1.54) is 0 Å². The Hall–Kier alpha value is -0.130. The van der Waals surface area contributed by atoms with Gasteiger partial charge in [0.2, 0.25) is 0 Å². The SMILES string of the molecule is Brc1cnc(N2CCCCO2)c(Br)c1. The summed E-state index contributed by atoms with van der Waals surface area (Å²) in [6.07, 6.45) is 4.06. The molecule has 0 radical (unpaired) electrons. The number of halogens is 2. The van der Waals surface area contributed by atoms with Gasteiger partial charge in [0.15, 0.2) is 5.82 Å². The number of hydroxylamine groups is 1. The second-order valence-corrected chi connectivity index (χ2v) is 4.87. The standard InChI is InChI=1S/C9H10Br2N2O/c10-7-5-8(11)9(12-6-7)13-3-1-2-4-14-13/h5-6H,1-4H2. The van der Waals surface area contributed by atoms with E-state index in [0.29, 0.717) is 0 Å². The molecule has 0 aliphatic carbocycles. The lowest BCUT2D eigenvalue weighted by Crippen LogP contribution is -2.30. The van der Waals surface area contributed by atoms with E-state index < -0.39 is 0 Å². The molecule has 2 heterocycles. The third-order valence-corrected chi connectivity index (χ3v) is 3.04. The van der Waals surface area contributed by atoms with Gasteiger partial charge in [0.05, 0.1) is 11.1 Å². The van der Waals surface area contributed by atoms with Crippen molar-refractivity contribution in [2.75, 3.05) is 18.2 Å². The second-order valence-electron chi connectivity index (χ2n) is 3.10. The van der Waals surface area contributed by atoms with Crippen molar-refractivity contribution in [1.29, 1.82) is 0 Å². The van der Waals surface area contributed by atoms with Crippen molar-refractivity contribution >= 4 is 37.7 Å². The van der Waals surface area contributed by atoms with Crippen LogP contribution in [0, 0.1) is 0 Å². The van der Waals surface area contributed by atoms with Gasteiger partial charge in [-0.2, -0.15) is 0 Å². The van der Waals surface area contributed by atoms with Crippen LogP contribution in [0.5, 0.6) is 0 Å². The molecule has 1 aromatic heterocycles. The van der Waals surface area contributed by atoms with Crippen molar-refractivity contribution in [3.63, 3.8) is 0 Å². The van der Waals surface area contributed by atoms with Crippen LogP contribution in [-0.4, -0.2) is 18.1 Å². The minimum absolute atomic E-state index is 0.782. The molecule has 3 nitrogen and oxygen atoms in total. The van der Waals surface area contributed by atoms with Crippen LogP contribution in [0.4, 0.5) is 5.82 Å². The summed E-state index contributed by atoms with van der Waals surface area (Å²) in [5.74, 6) is 0.855. The summed E-state index contributed by atoms with van der Waals surface area (Å²) in [4.78, 5) is 9.82. The van der Waals surface area contributed by atoms with Crippen molar-refractivity contribution in [2.45, 2.75) is 12.8 Å². The molecule has 1 aliphatic heterocycles. The minimum Gasteiger partial charge on any atom is -0.272 e. The first-order valence-corrected chi connectivity index (χ1v) is 6.07. The molecule has 2 rings (SSSR count). The summed E-state index contributed by atoms with van der Waals surface area (Å²) >= 11 is 6.84. The number of anilines is 1. The number of rotatable bonds is 1. The van der Waals surface area contributed by atoms with Crippen LogP contribution in [0.15, 0.2) is 21.2 Å². The highest BCUT2D eigenvalue weighted by Crippen LogP contribution is 2.28. The van der Waals surface area contributed by atoms with E-state index in [0.717, 1.165) is 40.8 Å². The summed E-state index contributed by atoms with van der Waals surface area (Å²) in [7, 11) is 0. The van der Waals surface area contributed by atoms with Crippen LogP contribution in [0.3, 0.4) is 0 Å². The van der Waals surface area contributed by atoms with Gasteiger partial charge >= 0.3 is 0 Å². The van der Waals surface area contributed by atoms with Crippen molar-refractivity contribution in [3.05, 3.63) is 21.2 Å². The smallest absolute Gasteiger partial charge is 0.166 e. The van der Waals surface area contributed by atoms with Gasteiger partial charge in [-0.05, 0) is 50.8 Å². The first-order valence-electron chi connectivity index (χ1n) is 4.49. The molecule has 1 aliphatic rings. The molecule has 14 heavy (non-hydrogen) atoms. The molecule has 5 heteroatoms. The largest absolute Gasteiger partial charge is 0.272 e. The monoisotopic (exact) mass is 320 g/mol. The Bertz CT molecular complexity index is 327. The minimum atomic E-state index is 0.782. The molecule has 76 valence electrons. The zero-order valence-electron chi connectivity index (χ0n) is 7.54. The highest BCUT2D eigenvalue weighted by molar-refractivity contribution is 9.11. The molecular weight excluding hydrogens is 312 g/mol. The number of hydrogen-bond acceptors (Lipinski definition) is 3. The fourth-order valence-corrected chi connectivity index (χ4v) is 2.54. The summed E-state index contributed by atoms with van der Waals surface area (Å²) in [5, 5.41) is 1.85. The van der Waals surface area contributed by atoms with E-state index in [-0.39, 0.29) is 0 Å². The fourth-order valence-electron chi connectivity index (χ4n) is 1.35. The normalized spacial score (nSPS) is 17.1. The van der Waals surface area contributed by atoms with Gasteiger partial charge in [0.25, 0.3) is 0 Å². The maximum Gasteiger partial charge on any atom is 0.166 e. The predicted molar refractivity (Wildman–Crippen MR) is 62.2 cm³/mol. The molecular formula is C9H10Br2N2O. The Balaban J connectivity index is 2.22. The molecule has 1 aromatic rings. The first kappa shape index (κ1) is 10.4. The zero-order chi connectivity index (χ0) is 9.97. The Morgan fingerprint density at radius 3 is 2.86 bits per heavy atom. The Morgan fingerprint density at radius 2 is 2.21 bits per heavy atom. The van der Waals surface area contributed by atoms with Gasteiger partial charge < -0.3 is 0 Å². The number of nitrogens with zero attached hydrogens (tertiary/aromatic N) is 2. The quantitative estimate of drug-likeness (QED) is 0.794. The van der Waals surface area contributed by atoms with Crippen LogP contribution < -0.4 is 5.06 Å². The molecule has 0 N–H and O–H groups in total. The highest BCUT2D eigenvalue weighted by atomic mass is 79.9. The van der Waals surface area contributed by atoms with Gasteiger partial charge in [-0.1, -0.05) is 0 Å². The fraction of sp³-hybridized carbons (Fsp3) is 0.444. The third-order valence-electron chi connectivity index (χ3n) is 2.03. The molecule has 0 spiro atoms. The van der Waals surface area contributed by atoms with Crippen molar-refractivity contribution in [1.82, 2.24) is 4.98 Å². The summed E-state index contributed by atoms with van der Waals surface area (Å²) in [6, 6.07) is 1.97. The predicted octanol–water partition coefficient (Wildman–Crippen LogP) is 3.14. The average Bonchev–Trinajstić information content (AvgIpc) is 2.19. The Labute approximate surface area is 99.7 Å². The molecule has 0 atom stereocenters. The van der Waals surface area contributed by atoms with Crippen LogP contribution in [-0.2, 0) is 4.84 Å². The summed E-state index contributed by atoms with van der Waals surface area (Å²) < 4.78 is 1.92. The van der Waals surface area contributed by atoms with Crippen molar-refractivity contribution in [3.8, 4) is 0 Å². The number of hydrogen-bond donors (Lipinski definition) is 0. The van der Waals surface area contributed by atoms with E-state index in [1.54, 1.807) is 6.20 Å². The van der Waals surface area contributed by atoms with Crippen molar-refractivity contribution < 1.29 is 4.84 Å². The van der Waals surface area contributed by atoms with E-state index in [2.05, 4.69) is 36.8 Å². The van der Waals surface area contributed by atoms with Crippen LogP contribution >= 0.6 is 31.9 Å². The zero-order valence-corrected chi connectivity index (χ0v) is 10.7. The molecule has 0 unspecified atom stereocenters. The highest BCUT2D eigenvalue weighted by Gasteiger charge is 2.15.